The van der Waals surface area contributed by atoms with E-state index < -0.39 is 0 Å². The standard InChI is InChI=1S/C6H12N4.ClH/c1-2-7-3-5-10-6-4-8-9-10;/h4,6-7H,2-3,5H2,1H3;1H. The third kappa shape index (κ3) is 3.95. The zero-order chi connectivity index (χ0) is 7.23. The lowest BCUT2D eigenvalue weighted by atomic mass is 10.6. The molecule has 11 heavy (non-hydrogen) atoms. The molecule has 4 nitrogen and oxygen atoms in total. The Bertz CT molecular complexity index is 163. The van der Waals surface area contributed by atoms with Crippen molar-refractivity contribution in [1.82, 2.24) is 20.3 Å². The van der Waals surface area contributed by atoms with Gasteiger partial charge in [-0.2, -0.15) is 0 Å². The van der Waals surface area contributed by atoms with Crippen LogP contribution in [-0.4, -0.2) is 28.1 Å². The number of hydrogen-bond acceptors (Lipinski definition) is 3. The van der Waals surface area contributed by atoms with Crippen molar-refractivity contribution < 1.29 is 0 Å². The Balaban J connectivity index is 0.000001000. The molecule has 1 N–H and O–H groups in total. The Morgan fingerprint density at radius 2 is 2.36 bits per heavy atom. The van der Waals surface area contributed by atoms with Crippen molar-refractivity contribution in [1.29, 1.82) is 0 Å². The monoisotopic (exact) mass is 176 g/mol. The van der Waals surface area contributed by atoms with Gasteiger partial charge < -0.3 is 5.32 Å². The van der Waals surface area contributed by atoms with Crippen LogP contribution in [0.15, 0.2) is 12.4 Å². The van der Waals surface area contributed by atoms with Gasteiger partial charge >= 0.3 is 0 Å². The van der Waals surface area contributed by atoms with E-state index in [0.29, 0.717) is 0 Å². The highest BCUT2D eigenvalue weighted by atomic mass is 35.5. The molecular weight excluding hydrogens is 164 g/mol. The molecule has 0 fully saturated rings. The zero-order valence-corrected chi connectivity index (χ0v) is 7.34. The minimum atomic E-state index is 0. The molecule has 0 bridgehead atoms. The summed E-state index contributed by atoms with van der Waals surface area (Å²) in [4.78, 5) is 0. The van der Waals surface area contributed by atoms with Crippen LogP contribution in [-0.2, 0) is 6.54 Å². The lowest BCUT2D eigenvalue weighted by Crippen LogP contribution is -2.19. The number of rotatable bonds is 4. The molecule has 1 heterocycles. The third-order valence-electron chi connectivity index (χ3n) is 1.24. The summed E-state index contributed by atoms with van der Waals surface area (Å²) in [7, 11) is 0. The summed E-state index contributed by atoms with van der Waals surface area (Å²) in [5.41, 5.74) is 0. The fraction of sp³-hybridized carbons (Fsp3) is 0.667. The number of halogens is 1. The summed E-state index contributed by atoms with van der Waals surface area (Å²) in [6.07, 6.45) is 3.54. The molecule has 0 aliphatic heterocycles. The number of hydrogen-bond donors (Lipinski definition) is 1. The lowest BCUT2D eigenvalue weighted by Gasteiger charge is -1.99. The van der Waals surface area contributed by atoms with Crippen LogP contribution in [0.1, 0.15) is 6.92 Å². The summed E-state index contributed by atoms with van der Waals surface area (Å²) in [5, 5.41) is 10.7. The van der Waals surface area contributed by atoms with Gasteiger partial charge in [0.25, 0.3) is 0 Å². The molecule has 0 aliphatic carbocycles. The van der Waals surface area contributed by atoms with Crippen LogP contribution in [0.2, 0.25) is 0 Å². The average Bonchev–Trinajstić information content (AvgIpc) is 2.41. The Morgan fingerprint density at radius 1 is 1.55 bits per heavy atom. The van der Waals surface area contributed by atoms with Crippen LogP contribution in [0.25, 0.3) is 0 Å². The van der Waals surface area contributed by atoms with Gasteiger partial charge in [-0.1, -0.05) is 12.1 Å². The maximum atomic E-state index is 3.81. The molecule has 0 amide bonds. The topological polar surface area (TPSA) is 42.7 Å². The van der Waals surface area contributed by atoms with Gasteiger partial charge in [-0.15, -0.1) is 17.5 Å². The van der Waals surface area contributed by atoms with Crippen LogP contribution in [0.3, 0.4) is 0 Å². The quantitative estimate of drug-likeness (QED) is 0.672. The largest absolute Gasteiger partial charge is 0.315 e. The normalized spacial score (nSPS) is 9.18. The van der Waals surface area contributed by atoms with E-state index in [-0.39, 0.29) is 12.4 Å². The van der Waals surface area contributed by atoms with Crippen molar-refractivity contribution in [3.05, 3.63) is 12.4 Å². The van der Waals surface area contributed by atoms with Crippen molar-refractivity contribution in [2.45, 2.75) is 13.5 Å². The third-order valence-corrected chi connectivity index (χ3v) is 1.24. The van der Waals surface area contributed by atoms with E-state index in [0.717, 1.165) is 19.6 Å². The lowest BCUT2D eigenvalue weighted by molar-refractivity contribution is 0.549. The molecule has 0 aliphatic rings. The highest BCUT2D eigenvalue weighted by Gasteiger charge is 1.87. The van der Waals surface area contributed by atoms with Gasteiger partial charge in [0.05, 0.1) is 12.7 Å². The van der Waals surface area contributed by atoms with Crippen molar-refractivity contribution in [2.24, 2.45) is 0 Å². The van der Waals surface area contributed by atoms with Crippen LogP contribution < -0.4 is 5.32 Å². The SMILES string of the molecule is CCNCCn1ccnn1.Cl. The van der Waals surface area contributed by atoms with Crippen LogP contribution in [0.5, 0.6) is 0 Å². The fourth-order valence-electron chi connectivity index (χ4n) is 0.722. The van der Waals surface area contributed by atoms with Crippen molar-refractivity contribution in [2.75, 3.05) is 13.1 Å². The molecule has 0 radical (unpaired) electrons. The van der Waals surface area contributed by atoms with Crippen molar-refractivity contribution in [3.8, 4) is 0 Å². The molecule has 0 saturated heterocycles. The summed E-state index contributed by atoms with van der Waals surface area (Å²) in [6.45, 7) is 4.95. The Morgan fingerprint density at radius 3 is 2.91 bits per heavy atom. The fourth-order valence-corrected chi connectivity index (χ4v) is 0.722. The molecule has 0 spiro atoms. The van der Waals surface area contributed by atoms with Gasteiger partial charge in [-0.05, 0) is 6.54 Å². The van der Waals surface area contributed by atoms with Crippen molar-refractivity contribution in [3.63, 3.8) is 0 Å². The molecule has 64 valence electrons. The van der Waals surface area contributed by atoms with E-state index in [9.17, 15) is 0 Å². The average molecular weight is 177 g/mol. The summed E-state index contributed by atoms with van der Waals surface area (Å²) in [6, 6.07) is 0. The predicted molar refractivity (Wildman–Crippen MR) is 45.8 cm³/mol. The summed E-state index contributed by atoms with van der Waals surface area (Å²) >= 11 is 0. The maximum absolute atomic E-state index is 3.81. The van der Waals surface area contributed by atoms with Gasteiger partial charge in [-0.25, -0.2) is 0 Å². The maximum Gasteiger partial charge on any atom is 0.0692 e. The molecule has 0 atom stereocenters. The first-order valence-electron chi connectivity index (χ1n) is 3.48. The highest BCUT2D eigenvalue weighted by molar-refractivity contribution is 5.85. The molecular formula is C6H13ClN4. The first kappa shape index (κ1) is 10.4. The number of nitrogens with one attached hydrogen (secondary N) is 1. The Labute approximate surface area is 72.4 Å². The second-order valence-electron chi connectivity index (χ2n) is 2.02. The van der Waals surface area contributed by atoms with Gasteiger partial charge in [0.1, 0.15) is 0 Å². The molecule has 1 aromatic heterocycles. The second kappa shape index (κ2) is 6.12. The minimum Gasteiger partial charge on any atom is -0.315 e. The minimum absolute atomic E-state index is 0. The van der Waals surface area contributed by atoms with Crippen molar-refractivity contribution >= 4 is 12.4 Å². The molecule has 0 saturated carbocycles. The Kier molecular flexibility index (Phi) is 5.78. The predicted octanol–water partition coefficient (Wildman–Crippen LogP) is 0.309. The van der Waals surface area contributed by atoms with Crippen LogP contribution in [0, 0.1) is 0 Å². The highest BCUT2D eigenvalue weighted by Crippen LogP contribution is 1.77. The summed E-state index contributed by atoms with van der Waals surface area (Å²) in [5.74, 6) is 0. The second-order valence-corrected chi connectivity index (χ2v) is 2.02. The number of aromatic nitrogens is 3. The molecule has 1 aromatic rings. The van der Waals surface area contributed by atoms with Gasteiger partial charge in [0.2, 0.25) is 0 Å². The summed E-state index contributed by atoms with van der Waals surface area (Å²) < 4.78 is 1.81. The van der Waals surface area contributed by atoms with Gasteiger partial charge in [-0.3, -0.25) is 4.68 Å². The van der Waals surface area contributed by atoms with E-state index in [4.69, 9.17) is 0 Å². The number of nitrogens with zero attached hydrogens (tertiary/aromatic N) is 3. The first-order valence-corrected chi connectivity index (χ1v) is 3.48. The Hall–Kier alpha value is -0.610. The van der Waals surface area contributed by atoms with E-state index in [2.05, 4.69) is 22.6 Å². The van der Waals surface area contributed by atoms with E-state index in [1.165, 1.54) is 0 Å². The molecule has 0 aromatic carbocycles. The molecule has 1 rings (SSSR count). The molecule has 0 unspecified atom stereocenters. The van der Waals surface area contributed by atoms with E-state index in [1.54, 1.807) is 6.20 Å². The van der Waals surface area contributed by atoms with Crippen LogP contribution in [0.4, 0.5) is 0 Å². The zero-order valence-electron chi connectivity index (χ0n) is 6.53. The molecule has 5 heteroatoms. The van der Waals surface area contributed by atoms with E-state index >= 15 is 0 Å². The van der Waals surface area contributed by atoms with E-state index in [1.807, 2.05) is 10.9 Å². The smallest absolute Gasteiger partial charge is 0.0692 e. The van der Waals surface area contributed by atoms with Gasteiger partial charge in [0.15, 0.2) is 0 Å². The first-order chi connectivity index (χ1) is 4.93. The van der Waals surface area contributed by atoms with Gasteiger partial charge in [0, 0.05) is 12.7 Å². The number of likely N-dealkylation sites (N-methyl/N-ethyl adjacent to an activating group) is 1. The van der Waals surface area contributed by atoms with Crippen LogP contribution >= 0.6 is 12.4 Å².